The van der Waals surface area contributed by atoms with Gasteiger partial charge in [0.05, 0.1) is 11.6 Å². The summed E-state index contributed by atoms with van der Waals surface area (Å²) in [6, 6.07) is 16.6. The Bertz CT molecular complexity index is 931. The van der Waals surface area contributed by atoms with Gasteiger partial charge in [-0.2, -0.15) is 5.26 Å². The SMILES string of the molecule is N#Cc1ccc(C(=O)c2cc3ccccc3oc2=O)cc1. The molecule has 21 heavy (non-hydrogen) atoms. The Hall–Kier alpha value is -3.19. The maximum absolute atomic E-state index is 12.4. The Morgan fingerprint density at radius 3 is 2.48 bits per heavy atom. The summed E-state index contributed by atoms with van der Waals surface area (Å²) in [6.07, 6.45) is 0. The molecule has 1 heterocycles. The Kier molecular flexibility index (Phi) is 3.09. The first-order valence-corrected chi connectivity index (χ1v) is 6.27. The molecule has 0 aliphatic rings. The van der Waals surface area contributed by atoms with Gasteiger partial charge in [0.25, 0.3) is 0 Å². The van der Waals surface area contributed by atoms with Crippen molar-refractivity contribution in [3.8, 4) is 6.07 Å². The largest absolute Gasteiger partial charge is 0.422 e. The number of rotatable bonds is 2. The average Bonchev–Trinajstić information content (AvgIpc) is 2.53. The lowest BCUT2D eigenvalue weighted by Crippen LogP contribution is -2.14. The van der Waals surface area contributed by atoms with Crippen LogP contribution < -0.4 is 5.63 Å². The van der Waals surface area contributed by atoms with Gasteiger partial charge in [-0.1, -0.05) is 18.2 Å². The number of carbonyl (C=O) groups is 1. The van der Waals surface area contributed by atoms with Gasteiger partial charge in [-0.15, -0.1) is 0 Å². The molecular weight excluding hydrogens is 266 g/mol. The molecule has 0 atom stereocenters. The summed E-state index contributed by atoms with van der Waals surface area (Å²) in [7, 11) is 0. The van der Waals surface area contributed by atoms with Gasteiger partial charge in [-0.05, 0) is 36.4 Å². The van der Waals surface area contributed by atoms with E-state index in [1.54, 1.807) is 24.3 Å². The third kappa shape index (κ3) is 2.33. The average molecular weight is 275 g/mol. The minimum atomic E-state index is -0.664. The molecule has 0 aliphatic heterocycles. The van der Waals surface area contributed by atoms with Crippen molar-refractivity contribution in [2.24, 2.45) is 0 Å². The first kappa shape index (κ1) is 12.8. The quantitative estimate of drug-likeness (QED) is 0.532. The Balaban J connectivity index is 2.10. The zero-order valence-electron chi connectivity index (χ0n) is 10.9. The van der Waals surface area contributed by atoms with Crippen LogP contribution in [0.4, 0.5) is 0 Å². The summed E-state index contributed by atoms with van der Waals surface area (Å²) >= 11 is 0. The van der Waals surface area contributed by atoms with Crippen molar-refractivity contribution < 1.29 is 9.21 Å². The van der Waals surface area contributed by atoms with Crippen LogP contribution in [0.1, 0.15) is 21.5 Å². The number of carbonyl (C=O) groups excluding carboxylic acids is 1. The number of benzene rings is 2. The smallest absolute Gasteiger partial charge is 0.347 e. The van der Waals surface area contributed by atoms with E-state index in [2.05, 4.69) is 0 Å². The predicted octanol–water partition coefficient (Wildman–Crippen LogP) is 2.90. The fraction of sp³-hybridized carbons (Fsp3) is 0. The standard InChI is InChI=1S/C17H9NO3/c18-10-11-5-7-12(8-6-11)16(19)14-9-13-3-1-2-4-15(13)21-17(14)20/h1-9H. The van der Waals surface area contributed by atoms with Crippen LogP contribution >= 0.6 is 0 Å². The van der Waals surface area contributed by atoms with E-state index in [1.165, 1.54) is 30.3 Å². The fourth-order valence-electron chi connectivity index (χ4n) is 2.07. The van der Waals surface area contributed by atoms with Gasteiger partial charge < -0.3 is 4.42 Å². The van der Waals surface area contributed by atoms with Crippen molar-refractivity contribution in [2.75, 3.05) is 0 Å². The molecule has 0 aliphatic carbocycles. The van der Waals surface area contributed by atoms with Gasteiger partial charge >= 0.3 is 5.63 Å². The highest BCUT2D eigenvalue weighted by Gasteiger charge is 2.15. The van der Waals surface area contributed by atoms with Crippen LogP contribution in [0, 0.1) is 11.3 Å². The highest BCUT2D eigenvalue weighted by molar-refractivity contribution is 6.09. The molecule has 100 valence electrons. The molecule has 0 unspecified atom stereocenters. The van der Waals surface area contributed by atoms with Crippen molar-refractivity contribution >= 4 is 16.8 Å². The monoisotopic (exact) mass is 275 g/mol. The Morgan fingerprint density at radius 2 is 1.76 bits per heavy atom. The molecule has 3 rings (SSSR count). The van der Waals surface area contributed by atoms with Crippen LogP contribution in [0.25, 0.3) is 11.0 Å². The number of hydrogen-bond donors (Lipinski definition) is 0. The summed E-state index contributed by atoms with van der Waals surface area (Å²) in [6.45, 7) is 0. The second-order valence-electron chi connectivity index (χ2n) is 4.50. The third-order valence-corrected chi connectivity index (χ3v) is 3.16. The number of hydrogen-bond acceptors (Lipinski definition) is 4. The second kappa shape index (κ2) is 5.06. The molecule has 4 heteroatoms. The summed E-state index contributed by atoms with van der Waals surface area (Å²) in [5, 5.41) is 9.44. The van der Waals surface area contributed by atoms with Crippen LogP contribution in [-0.2, 0) is 0 Å². The lowest BCUT2D eigenvalue weighted by Gasteiger charge is -2.02. The van der Waals surface area contributed by atoms with Crippen LogP contribution in [0.2, 0.25) is 0 Å². The third-order valence-electron chi connectivity index (χ3n) is 3.16. The van der Waals surface area contributed by atoms with Crippen LogP contribution in [-0.4, -0.2) is 5.78 Å². The van der Waals surface area contributed by atoms with Gasteiger partial charge in [0.15, 0.2) is 5.78 Å². The highest BCUT2D eigenvalue weighted by atomic mass is 16.4. The summed E-state index contributed by atoms with van der Waals surface area (Å²) in [5.74, 6) is -0.418. The number of nitriles is 1. The minimum Gasteiger partial charge on any atom is -0.422 e. The maximum Gasteiger partial charge on any atom is 0.347 e. The molecule has 2 aromatic carbocycles. The number of nitrogens with zero attached hydrogens (tertiary/aromatic N) is 1. The van der Waals surface area contributed by atoms with Gasteiger partial charge in [-0.3, -0.25) is 4.79 Å². The van der Waals surface area contributed by atoms with Gasteiger partial charge in [0.2, 0.25) is 0 Å². The van der Waals surface area contributed by atoms with Crippen molar-refractivity contribution in [3.05, 3.63) is 81.7 Å². The van der Waals surface area contributed by atoms with Crippen LogP contribution in [0.5, 0.6) is 0 Å². The van der Waals surface area contributed by atoms with Crippen molar-refractivity contribution in [1.29, 1.82) is 5.26 Å². The molecule has 0 radical (unpaired) electrons. The summed E-state index contributed by atoms with van der Waals surface area (Å²) < 4.78 is 5.15. The molecular formula is C17H9NO3. The normalized spacial score (nSPS) is 10.2. The van der Waals surface area contributed by atoms with Gasteiger partial charge in [0, 0.05) is 10.9 Å². The van der Waals surface area contributed by atoms with E-state index in [-0.39, 0.29) is 5.56 Å². The van der Waals surface area contributed by atoms with Crippen molar-refractivity contribution in [1.82, 2.24) is 0 Å². The molecule has 0 spiro atoms. The van der Waals surface area contributed by atoms with E-state index in [0.29, 0.717) is 22.1 Å². The topological polar surface area (TPSA) is 71.1 Å². The molecule has 0 amide bonds. The van der Waals surface area contributed by atoms with Gasteiger partial charge in [-0.25, -0.2) is 4.79 Å². The lowest BCUT2D eigenvalue weighted by atomic mass is 10.0. The minimum absolute atomic E-state index is 0.0154. The second-order valence-corrected chi connectivity index (χ2v) is 4.50. The molecule has 0 N–H and O–H groups in total. The van der Waals surface area contributed by atoms with E-state index in [0.717, 1.165) is 0 Å². The predicted molar refractivity (Wildman–Crippen MR) is 77.1 cm³/mol. The van der Waals surface area contributed by atoms with Crippen molar-refractivity contribution in [2.45, 2.75) is 0 Å². The zero-order valence-corrected chi connectivity index (χ0v) is 10.9. The molecule has 4 nitrogen and oxygen atoms in total. The van der Waals surface area contributed by atoms with Crippen LogP contribution in [0.15, 0.2) is 63.8 Å². The lowest BCUT2D eigenvalue weighted by molar-refractivity contribution is 0.103. The Labute approximate surface area is 119 Å². The van der Waals surface area contributed by atoms with E-state index in [9.17, 15) is 9.59 Å². The molecule has 3 aromatic rings. The Morgan fingerprint density at radius 1 is 1.05 bits per heavy atom. The molecule has 0 bridgehead atoms. The molecule has 0 fully saturated rings. The van der Waals surface area contributed by atoms with E-state index in [1.807, 2.05) is 6.07 Å². The summed E-state index contributed by atoms with van der Waals surface area (Å²) in [5.41, 5.74) is 0.564. The number of para-hydroxylation sites is 1. The summed E-state index contributed by atoms with van der Waals surface area (Å²) in [4.78, 5) is 24.3. The van der Waals surface area contributed by atoms with Crippen LogP contribution in [0.3, 0.4) is 0 Å². The first-order valence-electron chi connectivity index (χ1n) is 6.27. The first-order chi connectivity index (χ1) is 10.2. The van der Waals surface area contributed by atoms with Crippen molar-refractivity contribution in [3.63, 3.8) is 0 Å². The molecule has 0 saturated carbocycles. The number of ketones is 1. The van der Waals surface area contributed by atoms with E-state index < -0.39 is 11.4 Å². The maximum atomic E-state index is 12.4. The molecule has 0 saturated heterocycles. The van der Waals surface area contributed by atoms with E-state index in [4.69, 9.17) is 9.68 Å². The number of fused-ring (bicyclic) bond motifs is 1. The molecule has 1 aromatic heterocycles. The fourth-order valence-corrected chi connectivity index (χ4v) is 2.07. The van der Waals surface area contributed by atoms with Gasteiger partial charge in [0.1, 0.15) is 11.1 Å². The zero-order chi connectivity index (χ0) is 14.8. The highest BCUT2D eigenvalue weighted by Crippen LogP contribution is 2.15. The van der Waals surface area contributed by atoms with E-state index >= 15 is 0 Å².